The predicted octanol–water partition coefficient (Wildman–Crippen LogP) is 2.27. The first-order valence-corrected chi connectivity index (χ1v) is 3.50. The Labute approximate surface area is 70.6 Å². The lowest BCUT2D eigenvalue weighted by molar-refractivity contribution is 1.25. The summed E-state index contributed by atoms with van der Waals surface area (Å²) in [6.07, 6.45) is 0.899. The standard InChI is InChI=1S/C8H10N4/c1-6-4-7(10)2-3-8(6)12-11-5-9/h2-5,9H,10H2,1H3/b9-5?,12-11+. The molecule has 4 heteroatoms. The maximum Gasteiger partial charge on any atom is 0.129 e. The number of nitrogens with two attached hydrogens (primary N) is 1. The van der Waals surface area contributed by atoms with Crippen molar-refractivity contribution in [3.8, 4) is 0 Å². The van der Waals surface area contributed by atoms with Crippen LogP contribution in [0.1, 0.15) is 5.56 Å². The molecule has 1 rings (SSSR count). The first-order valence-electron chi connectivity index (χ1n) is 3.50. The van der Waals surface area contributed by atoms with Gasteiger partial charge in [0.05, 0.1) is 5.69 Å². The Bertz CT molecular complexity index is 317. The van der Waals surface area contributed by atoms with E-state index in [4.69, 9.17) is 11.1 Å². The third-order valence-electron chi connectivity index (χ3n) is 1.44. The molecule has 0 unspecified atom stereocenters. The van der Waals surface area contributed by atoms with E-state index in [0.29, 0.717) is 5.69 Å². The van der Waals surface area contributed by atoms with Crippen molar-refractivity contribution in [1.82, 2.24) is 0 Å². The van der Waals surface area contributed by atoms with E-state index < -0.39 is 0 Å². The molecule has 12 heavy (non-hydrogen) atoms. The smallest absolute Gasteiger partial charge is 0.129 e. The first kappa shape index (κ1) is 8.39. The third kappa shape index (κ3) is 1.88. The summed E-state index contributed by atoms with van der Waals surface area (Å²) in [5, 5.41) is 13.9. The fraction of sp³-hybridized carbons (Fsp3) is 0.125. The number of nitrogens with zero attached hydrogens (tertiary/aromatic N) is 2. The van der Waals surface area contributed by atoms with Crippen LogP contribution in [-0.2, 0) is 0 Å². The molecule has 0 atom stereocenters. The van der Waals surface area contributed by atoms with E-state index in [0.717, 1.165) is 17.6 Å². The van der Waals surface area contributed by atoms with E-state index in [1.807, 2.05) is 13.0 Å². The van der Waals surface area contributed by atoms with Crippen molar-refractivity contribution in [2.24, 2.45) is 10.2 Å². The van der Waals surface area contributed by atoms with Crippen LogP contribution in [0.5, 0.6) is 0 Å². The van der Waals surface area contributed by atoms with E-state index in [2.05, 4.69) is 10.2 Å². The average molecular weight is 162 g/mol. The second kappa shape index (κ2) is 3.61. The molecule has 0 saturated heterocycles. The van der Waals surface area contributed by atoms with Gasteiger partial charge in [-0.05, 0) is 30.7 Å². The summed E-state index contributed by atoms with van der Waals surface area (Å²) in [5.74, 6) is 0. The number of hydrogen-bond donors (Lipinski definition) is 2. The maximum atomic E-state index is 6.65. The Morgan fingerprint density at radius 2 is 2.25 bits per heavy atom. The molecule has 0 bridgehead atoms. The molecule has 4 nitrogen and oxygen atoms in total. The Morgan fingerprint density at radius 3 is 2.83 bits per heavy atom. The van der Waals surface area contributed by atoms with Crippen LogP contribution < -0.4 is 5.73 Å². The van der Waals surface area contributed by atoms with Gasteiger partial charge in [0.1, 0.15) is 6.34 Å². The SMILES string of the molecule is Cc1cc(N)ccc1/N=N/C=N. The van der Waals surface area contributed by atoms with Crippen LogP contribution in [0, 0.1) is 12.3 Å². The molecule has 0 heterocycles. The number of azo groups is 1. The van der Waals surface area contributed by atoms with Gasteiger partial charge in [0, 0.05) is 5.69 Å². The number of aryl methyl sites for hydroxylation is 1. The molecule has 1 aromatic carbocycles. The zero-order valence-electron chi connectivity index (χ0n) is 6.78. The Balaban J connectivity index is 3.01. The van der Waals surface area contributed by atoms with Crippen LogP contribution in [0.25, 0.3) is 0 Å². The molecule has 1 aromatic rings. The number of anilines is 1. The zero-order chi connectivity index (χ0) is 8.97. The highest BCUT2D eigenvalue weighted by molar-refractivity contribution is 5.56. The molecular formula is C8H10N4. The van der Waals surface area contributed by atoms with Crippen LogP contribution in [0.2, 0.25) is 0 Å². The molecule has 0 aromatic heterocycles. The minimum atomic E-state index is 0.710. The molecule has 3 N–H and O–H groups in total. The van der Waals surface area contributed by atoms with Gasteiger partial charge in [0.2, 0.25) is 0 Å². The summed E-state index contributed by atoms with van der Waals surface area (Å²) in [6, 6.07) is 5.35. The monoisotopic (exact) mass is 162 g/mol. The fourth-order valence-electron chi connectivity index (χ4n) is 0.882. The Morgan fingerprint density at radius 1 is 1.50 bits per heavy atom. The van der Waals surface area contributed by atoms with Crippen molar-refractivity contribution < 1.29 is 0 Å². The van der Waals surface area contributed by atoms with Crippen molar-refractivity contribution in [2.75, 3.05) is 5.73 Å². The van der Waals surface area contributed by atoms with Crippen molar-refractivity contribution in [2.45, 2.75) is 6.92 Å². The maximum absolute atomic E-state index is 6.65. The summed E-state index contributed by atoms with van der Waals surface area (Å²) in [4.78, 5) is 0. The normalized spacial score (nSPS) is 10.4. The Kier molecular flexibility index (Phi) is 2.53. The van der Waals surface area contributed by atoms with E-state index in [1.165, 1.54) is 0 Å². The molecular weight excluding hydrogens is 152 g/mol. The zero-order valence-corrected chi connectivity index (χ0v) is 6.78. The van der Waals surface area contributed by atoms with Gasteiger partial charge in [0.15, 0.2) is 0 Å². The highest BCUT2D eigenvalue weighted by Crippen LogP contribution is 2.20. The van der Waals surface area contributed by atoms with Crippen LogP contribution in [0.15, 0.2) is 28.4 Å². The van der Waals surface area contributed by atoms with Gasteiger partial charge in [0.25, 0.3) is 0 Å². The summed E-state index contributed by atoms with van der Waals surface area (Å²) < 4.78 is 0. The van der Waals surface area contributed by atoms with Gasteiger partial charge >= 0.3 is 0 Å². The summed E-state index contributed by atoms with van der Waals surface area (Å²) in [6.45, 7) is 1.90. The number of benzene rings is 1. The average Bonchev–Trinajstić information content (AvgIpc) is 2.03. The lowest BCUT2D eigenvalue weighted by atomic mass is 10.2. The van der Waals surface area contributed by atoms with E-state index >= 15 is 0 Å². The molecule has 0 aliphatic rings. The molecule has 0 fully saturated rings. The second-order valence-corrected chi connectivity index (χ2v) is 2.39. The van der Waals surface area contributed by atoms with Gasteiger partial charge in [-0.3, -0.25) is 5.41 Å². The molecule has 0 aliphatic heterocycles. The molecule has 0 aliphatic carbocycles. The quantitative estimate of drug-likeness (QED) is 0.297. The minimum Gasteiger partial charge on any atom is -0.399 e. The van der Waals surface area contributed by atoms with Gasteiger partial charge in [-0.2, -0.15) is 0 Å². The van der Waals surface area contributed by atoms with Crippen molar-refractivity contribution in [1.29, 1.82) is 5.41 Å². The van der Waals surface area contributed by atoms with Crippen LogP contribution in [-0.4, -0.2) is 6.34 Å². The summed E-state index contributed by atoms with van der Waals surface area (Å²) in [7, 11) is 0. The number of hydrogen-bond acceptors (Lipinski definition) is 3. The summed E-state index contributed by atoms with van der Waals surface area (Å²) >= 11 is 0. The number of nitrogen functional groups attached to an aromatic ring is 1. The van der Waals surface area contributed by atoms with Gasteiger partial charge in [-0.1, -0.05) is 0 Å². The molecule has 0 saturated carbocycles. The molecule has 62 valence electrons. The van der Waals surface area contributed by atoms with Crippen LogP contribution in [0.3, 0.4) is 0 Å². The highest BCUT2D eigenvalue weighted by Gasteiger charge is 1.95. The van der Waals surface area contributed by atoms with E-state index in [9.17, 15) is 0 Å². The van der Waals surface area contributed by atoms with Crippen molar-refractivity contribution in [3.05, 3.63) is 23.8 Å². The summed E-state index contributed by atoms with van der Waals surface area (Å²) in [5.41, 5.74) is 7.95. The van der Waals surface area contributed by atoms with Crippen LogP contribution >= 0.6 is 0 Å². The highest BCUT2D eigenvalue weighted by atomic mass is 15.1. The second-order valence-electron chi connectivity index (χ2n) is 2.39. The molecule has 0 spiro atoms. The van der Waals surface area contributed by atoms with Crippen LogP contribution in [0.4, 0.5) is 11.4 Å². The third-order valence-corrected chi connectivity index (χ3v) is 1.44. The van der Waals surface area contributed by atoms with Gasteiger partial charge in [-0.25, -0.2) is 0 Å². The number of nitrogens with one attached hydrogen (secondary N) is 1. The lowest BCUT2D eigenvalue weighted by Gasteiger charge is -1.98. The minimum absolute atomic E-state index is 0.710. The Hall–Kier alpha value is -1.71. The topological polar surface area (TPSA) is 74.6 Å². The van der Waals surface area contributed by atoms with E-state index in [1.54, 1.807) is 12.1 Å². The number of rotatable bonds is 2. The van der Waals surface area contributed by atoms with Gasteiger partial charge < -0.3 is 5.73 Å². The van der Waals surface area contributed by atoms with Gasteiger partial charge in [-0.15, -0.1) is 10.2 Å². The van der Waals surface area contributed by atoms with E-state index in [-0.39, 0.29) is 0 Å². The first-order chi connectivity index (χ1) is 5.74. The lowest BCUT2D eigenvalue weighted by Crippen LogP contribution is -1.84. The fourth-order valence-corrected chi connectivity index (χ4v) is 0.882. The molecule has 0 radical (unpaired) electrons. The van der Waals surface area contributed by atoms with Crippen molar-refractivity contribution in [3.63, 3.8) is 0 Å². The predicted molar refractivity (Wildman–Crippen MR) is 48.9 cm³/mol. The molecule has 0 amide bonds. The van der Waals surface area contributed by atoms with Crippen molar-refractivity contribution >= 4 is 17.7 Å². The largest absolute Gasteiger partial charge is 0.399 e.